The first-order valence-electron chi connectivity index (χ1n) is 8.14. The van der Waals surface area contributed by atoms with Crippen molar-refractivity contribution in [3.8, 4) is 0 Å². The highest BCUT2D eigenvalue weighted by Gasteiger charge is 2.33. The van der Waals surface area contributed by atoms with Gasteiger partial charge in [-0.1, -0.05) is 56.0 Å². The summed E-state index contributed by atoms with van der Waals surface area (Å²) in [6.07, 6.45) is 9.59. The Hall–Kier alpha value is -0.530. The molecule has 1 nitrogen and oxygen atoms in total. The molecule has 1 aromatic rings. The molecule has 1 N–H and O–H groups in total. The van der Waals surface area contributed by atoms with Crippen LogP contribution in [-0.2, 0) is 0 Å². The van der Waals surface area contributed by atoms with E-state index in [1.54, 1.807) is 0 Å². The van der Waals surface area contributed by atoms with Gasteiger partial charge in [-0.05, 0) is 48.6 Å². The monoisotopic (exact) mass is 291 g/mol. The third-order valence-corrected chi connectivity index (χ3v) is 5.71. The zero-order valence-electron chi connectivity index (χ0n) is 12.5. The predicted octanol–water partition coefficient (Wildman–Crippen LogP) is 5.15. The quantitative estimate of drug-likeness (QED) is 0.809. The van der Waals surface area contributed by atoms with E-state index in [0.29, 0.717) is 17.4 Å². The van der Waals surface area contributed by atoms with Gasteiger partial charge in [0, 0.05) is 17.6 Å². The van der Waals surface area contributed by atoms with Gasteiger partial charge in [-0.3, -0.25) is 0 Å². The summed E-state index contributed by atoms with van der Waals surface area (Å²) in [6.45, 7) is 3.66. The molecule has 110 valence electrons. The second kappa shape index (κ2) is 6.07. The molecule has 0 bridgehead atoms. The molecule has 2 saturated carbocycles. The fourth-order valence-corrected chi connectivity index (χ4v) is 4.11. The van der Waals surface area contributed by atoms with E-state index in [2.05, 4.69) is 24.4 Å². The second-order valence-corrected chi connectivity index (χ2v) is 7.55. The molecule has 2 fully saturated rings. The van der Waals surface area contributed by atoms with E-state index in [1.807, 2.05) is 12.1 Å². The van der Waals surface area contributed by atoms with Crippen molar-refractivity contribution in [1.29, 1.82) is 0 Å². The van der Waals surface area contributed by atoms with E-state index < -0.39 is 0 Å². The van der Waals surface area contributed by atoms with Gasteiger partial charge in [-0.25, -0.2) is 0 Å². The van der Waals surface area contributed by atoms with Crippen LogP contribution in [0.2, 0.25) is 5.02 Å². The van der Waals surface area contributed by atoms with Crippen molar-refractivity contribution in [1.82, 2.24) is 5.32 Å². The molecule has 0 heterocycles. The molecule has 0 unspecified atom stereocenters. The van der Waals surface area contributed by atoms with Crippen molar-refractivity contribution in [2.75, 3.05) is 6.54 Å². The summed E-state index contributed by atoms with van der Waals surface area (Å²) in [4.78, 5) is 0. The maximum atomic E-state index is 6.28. The Morgan fingerprint density at radius 2 is 1.85 bits per heavy atom. The molecular formula is C18H26ClN. The van der Waals surface area contributed by atoms with Gasteiger partial charge in [0.2, 0.25) is 0 Å². The first-order chi connectivity index (χ1) is 9.66. The lowest BCUT2D eigenvalue weighted by Gasteiger charge is -2.41. The smallest absolute Gasteiger partial charge is 0.0440 e. The van der Waals surface area contributed by atoms with Crippen molar-refractivity contribution >= 4 is 11.6 Å². The van der Waals surface area contributed by atoms with E-state index in [9.17, 15) is 0 Å². The van der Waals surface area contributed by atoms with Crippen molar-refractivity contribution in [3.05, 3.63) is 34.9 Å². The molecule has 3 rings (SSSR count). The predicted molar refractivity (Wildman–Crippen MR) is 86.4 cm³/mol. The van der Waals surface area contributed by atoms with Crippen LogP contribution < -0.4 is 5.32 Å². The average molecular weight is 292 g/mol. The lowest BCUT2D eigenvalue weighted by Crippen LogP contribution is -2.45. The van der Waals surface area contributed by atoms with E-state index in [4.69, 9.17) is 11.6 Å². The Balaban J connectivity index is 1.46. The topological polar surface area (TPSA) is 12.0 Å². The standard InChI is InChI=1S/C18H26ClN/c1-18(9-5-2-6-10-18)13-20-15-11-14(12-15)16-7-3-4-8-17(16)19/h3-4,7-8,14-15,20H,2,5-6,9-13H2,1H3. The summed E-state index contributed by atoms with van der Waals surface area (Å²) < 4.78 is 0. The van der Waals surface area contributed by atoms with Gasteiger partial charge in [0.15, 0.2) is 0 Å². The molecule has 0 aliphatic heterocycles. The van der Waals surface area contributed by atoms with Crippen LogP contribution in [0.4, 0.5) is 0 Å². The van der Waals surface area contributed by atoms with E-state index in [-0.39, 0.29) is 0 Å². The van der Waals surface area contributed by atoms with Crippen LogP contribution in [0.3, 0.4) is 0 Å². The Morgan fingerprint density at radius 3 is 2.55 bits per heavy atom. The molecule has 20 heavy (non-hydrogen) atoms. The third kappa shape index (κ3) is 3.20. The molecular weight excluding hydrogens is 266 g/mol. The number of nitrogens with one attached hydrogen (secondary N) is 1. The lowest BCUT2D eigenvalue weighted by atomic mass is 9.73. The summed E-state index contributed by atoms with van der Waals surface area (Å²) in [6, 6.07) is 9.02. The van der Waals surface area contributed by atoms with Crippen LogP contribution in [0.15, 0.2) is 24.3 Å². The van der Waals surface area contributed by atoms with Gasteiger partial charge in [0.25, 0.3) is 0 Å². The Morgan fingerprint density at radius 1 is 1.15 bits per heavy atom. The minimum absolute atomic E-state index is 0.549. The molecule has 2 aliphatic rings. The molecule has 0 aromatic heterocycles. The molecule has 2 heteroatoms. The SMILES string of the molecule is CC1(CNC2CC(c3ccccc3Cl)C2)CCCCC1. The average Bonchev–Trinajstić information content (AvgIpc) is 2.39. The summed E-state index contributed by atoms with van der Waals surface area (Å²) in [5.41, 5.74) is 1.89. The van der Waals surface area contributed by atoms with E-state index in [0.717, 1.165) is 5.02 Å². The molecule has 0 atom stereocenters. The highest BCUT2D eigenvalue weighted by atomic mass is 35.5. The Kier molecular flexibility index (Phi) is 4.37. The van der Waals surface area contributed by atoms with Gasteiger partial charge in [-0.2, -0.15) is 0 Å². The molecule has 0 spiro atoms. The van der Waals surface area contributed by atoms with E-state index in [1.165, 1.54) is 57.1 Å². The van der Waals surface area contributed by atoms with Gasteiger partial charge in [0.1, 0.15) is 0 Å². The van der Waals surface area contributed by atoms with Gasteiger partial charge in [0.05, 0.1) is 0 Å². The van der Waals surface area contributed by atoms with Gasteiger partial charge < -0.3 is 5.32 Å². The maximum Gasteiger partial charge on any atom is 0.0440 e. The van der Waals surface area contributed by atoms with Crippen LogP contribution >= 0.6 is 11.6 Å². The lowest BCUT2D eigenvalue weighted by molar-refractivity contribution is 0.178. The van der Waals surface area contributed by atoms with E-state index >= 15 is 0 Å². The van der Waals surface area contributed by atoms with Crippen LogP contribution in [0.5, 0.6) is 0 Å². The van der Waals surface area contributed by atoms with Crippen molar-refractivity contribution in [3.63, 3.8) is 0 Å². The van der Waals surface area contributed by atoms with Crippen LogP contribution in [-0.4, -0.2) is 12.6 Å². The fourth-order valence-electron chi connectivity index (χ4n) is 3.82. The highest BCUT2D eigenvalue weighted by molar-refractivity contribution is 6.31. The summed E-state index contributed by atoms with van der Waals surface area (Å²) in [7, 11) is 0. The Bertz CT molecular complexity index is 444. The largest absolute Gasteiger partial charge is 0.313 e. The summed E-state index contributed by atoms with van der Waals surface area (Å²) >= 11 is 6.28. The van der Waals surface area contributed by atoms with Gasteiger partial charge in [-0.15, -0.1) is 0 Å². The van der Waals surface area contributed by atoms with Crippen molar-refractivity contribution in [2.45, 2.75) is 63.8 Å². The molecule has 0 radical (unpaired) electrons. The third-order valence-electron chi connectivity index (χ3n) is 5.36. The minimum atomic E-state index is 0.549. The van der Waals surface area contributed by atoms with Crippen molar-refractivity contribution in [2.24, 2.45) is 5.41 Å². The highest BCUT2D eigenvalue weighted by Crippen LogP contribution is 2.41. The summed E-state index contributed by atoms with van der Waals surface area (Å²) in [5, 5.41) is 4.75. The number of halogens is 1. The zero-order valence-corrected chi connectivity index (χ0v) is 13.3. The second-order valence-electron chi connectivity index (χ2n) is 7.14. The zero-order chi connectivity index (χ0) is 14.0. The summed E-state index contributed by atoms with van der Waals surface area (Å²) in [5.74, 6) is 0.667. The molecule has 2 aliphatic carbocycles. The van der Waals surface area contributed by atoms with Crippen LogP contribution in [0.25, 0.3) is 0 Å². The first-order valence-corrected chi connectivity index (χ1v) is 8.52. The van der Waals surface area contributed by atoms with Gasteiger partial charge >= 0.3 is 0 Å². The molecule has 0 amide bonds. The van der Waals surface area contributed by atoms with Crippen LogP contribution in [0, 0.1) is 5.41 Å². The first kappa shape index (κ1) is 14.4. The minimum Gasteiger partial charge on any atom is -0.313 e. The number of benzene rings is 1. The number of hydrogen-bond acceptors (Lipinski definition) is 1. The number of rotatable bonds is 4. The normalized spacial score (nSPS) is 28.9. The van der Waals surface area contributed by atoms with Crippen LogP contribution in [0.1, 0.15) is 63.4 Å². The fraction of sp³-hybridized carbons (Fsp3) is 0.667. The number of hydrogen-bond donors (Lipinski definition) is 1. The maximum absolute atomic E-state index is 6.28. The molecule has 1 aromatic carbocycles. The Labute approximate surface area is 128 Å². The van der Waals surface area contributed by atoms with Crippen molar-refractivity contribution < 1.29 is 0 Å². The molecule has 0 saturated heterocycles.